The fourth-order valence-electron chi connectivity index (χ4n) is 3.13. The van der Waals surface area contributed by atoms with Gasteiger partial charge >= 0.3 is 11.9 Å². The first-order valence-corrected chi connectivity index (χ1v) is 11.8. The molecule has 0 aliphatic heterocycles. The second-order valence-corrected chi connectivity index (χ2v) is 8.56. The molecular weight excluding hydrogens is 352 g/mol. The lowest BCUT2D eigenvalue weighted by Gasteiger charge is -2.13. The fraction of sp³-hybridized carbons (Fsp3) is 0.917. The molecule has 1 atom stereocenters. The van der Waals surface area contributed by atoms with Gasteiger partial charge in [0.15, 0.2) is 0 Å². The molecule has 0 radical (unpaired) electrons. The van der Waals surface area contributed by atoms with Gasteiger partial charge in [0.05, 0.1) is 12.7 Å². The number of hydrogen-bond acceptors (Lipinski definition) is 4. The third-order valence-electron chi connectivity index (χ3n) is 4.89. The minimum absolute atomic E-state index is 0.0496. The lowest BCUT2D eigenvalue weighted by atomic mass is 10.1. The number of carbonyl (C=O) groups excluding carboxylic acids is 2. The van der Waals surface area contributed by atoms with E-state index in [1.165, 1.54) is 32.1 Å². The van der Waals surface area contributed by atoms with Crippen molar-refractivity contribution < 1.29 is 19.1 Å². The van der Waals surface area contributed by atoms with Crippen LogP contribution in [-0.2, 0) is 19.1 Å². The van der Waals surface area contributed by atoms with E-state index >= 15 is 0 Å². The molecule has 0 aliphatic carbocycles. The van der Waals surface area contributed by atoms with Gasteiger partial charge in [-0.2, -0.15) is 0 Å². The van der Waals surface area contributed by atoms with E-state index in [2.05, 4.69) is 6.92 Å². The molecule has 0 saturated carbocycles. The Hall–Kier alpha value is -1.06. The summed E-state index contributed by atoms with van der Waals surface area (Å²) in [6, 6.07) is 0. The van der Waals surface area contributed by atoms with Crippen molar-refractivity contribution in [3.05, 3.63) is 0 Å². The van der Waals surface area contributed by atoms with E-state index in [0.717, 1.165) is 51.4 Å². The molecule has 0 amide bonds. The molecule has 0 bridgehead atoms. The van der Waals surface area contributed by atoms with E-state index in [4.69, 9.17) is 9.47 Å². The Morgan fingerprint density at radius 3 is 1.75 bits per heavy atom. The van der Waals surface area contributed by atoms with Crippen LogP contribution in [0.2, 0.25) is 0 Å². The van der Waals surface area contributed by atoms with Gasteiger partial charge in [-0.1, -0.05) is 78.6 Å². The zero-order valence-electron chi connectivity index (χ0n) is 19.1. The zero-order chi connectivity index (χ0) is 21.0. The molecule has 0 aliphatic rings. The first-order valence-electron chi connectivity index (χ1n) is 11.8. The van der Waals surface area contributed by atoms with E-state index in [-0.39, 0.29) is 18.0 Å². The Kier molecular flexibility index (Phi) is 18.5. The molecule has 0 rings (SSSR count). The van der Waals surface area contributed by atoms with Crippen molar-refractivity contribution in [2.75, 3.05) is 6.61 Å². The third-order valence-corrected chi connectivity index (χ3v) is 4.89. The van der Waals surface area contributed by atoms with Crippen molar-refractivity contribution in [1.29, 1.82) is 0 Å². The van der Waals surface area contributed by atoms with E-state index in [1.54, 1.807) is 0 Å². The molecule has 0 aromatic heterocycles. The lowest BCUT2D eigenvalue weighted by molar-refractivity contribution is -0.148. The maximum absolute atomic E-state index is 11.9. The Labute approximate surface area is 174 Å². The number of hydrogen-bond donors (Lipinski definition) is 0. The van der Waals surface area contributed by atoms with E-state index in [0.29, 0.717) is 25.4 Å². The van der Waals surface area contributed by atoms with Crippen molar-refractivity contribution >= 4 is 11.9 Å². The van der Waals surface area contributed by atoms with Gasteiger partial charge in [0, 0.05) is 12.8 Å². The van der Waals surface area contributed by atoms with Crippen LogP contribution in [0, 0.1) is 5.92 Å². The Morgan fingerprint density at radius 2 is 1.18 bits per heavy atom. The second-order valence-electron chi connectivity index (χ2n) is 8.56. The van der Waals surface area contributed by atoms with Gasteiger partial charge in [-0.05, 0) is 38.5 Å². The average molecular weight is 399 g/mol. The first kappa shape index (κ1) is 26.9. The molecule has 0 spiro atoms. The molecule has 28 heavy (non-hydrogen) atoms. The van der Waals surface area contributed by atoms with Crippen molar-refractivity contribution in [3.8, 4) is 0 Å². The zero-order valence-corrected chi connectivity index (χ0v) is 19.1. The molecular formula is C24H46O4. The highest BCUT2D eigenvalue weighted by Crippen LogP contribution is 2.13. The smallest absolute Gasteiger partial charge is 0.306 e. The van der Waals surface area contributed by atoms with E-state index in [1.807, 2.05) is 20.8 Å². The van der Waals surface area contributed by atoms with Gasteiger partial charge in [-0.15, -0.1) is 0 Å². The van der Waals surface area contributed by atoms with Crippen molar-refractivity contribution in [2.45, 2.75) is 130 Å². The van der Waals surface area contributed by atoms with E-state index in [9.17, 15) is 9.59 Å². The maximum Gasteiger partial charge on any atom is 0.306 e. The molecule has 0 aromatic carbocycles. The summed E-state index contributed by atoms with van der Waals surface area (Å²) in [5.74, 6) is 0.270. The summed E-state index contributed by atoms with van der Waals surface area (Å²) in [4.78, 5) is 23.4. The van der Waals surface area contributed by atoms with Crippen LogP contribution in [0.15, 0.2) is 0 Å². The summed E-state index contributed by atoms with van der Waals surface area (Å²) in [6.07, 6.45) is 15.9. The number of unbranched alkanes of at least 4 members (excludes halogenated alkanes) is 10. The monoisotopic (exact) mass is 398 g/mol. The summed E-state index contributed by atoms with van der Waals surface area (Å²) in [6.45, 7) is 8.84. The number of ether oxygens (including phenoxy) is 2. The van der Waals surface area contributed by atoms with Gasteiger partial charge in [-0.25, -0.2) is 0 Å². The predicted octanol–water partition coefficient (Wildman–Crippen LogP) is 6.99. The van der Waals surface area contributed by atoms with Gasteiger partial charge in [-0.3, -0.25) is 9.59 Å². The highest BCUT2D eigenvalue weighted by atomic mass is 16.5. The highest BCUT2D eigenvalue weighted by Gasteiger charge is 2.09. The van der Waals surface area contributed by atoms with Crippen LogP contribution in [0.3, 0.4) is 0 Å². The Morgan fingerprint density at radius 1 is 0.679 bits per heavy atom. The van der Waals surface area contributed by atoms with Crippen LogP contribution in [0.4, 0.5) is 0 Å². The third kappa shape index (κ3) is 19.7. The Bertz CT molecular complexity index is 379. The summed E-state index contributed by atoms with van der Waals surface area (Å²) in [5.41, 5.74) is 0. The molecule has 0 heterocycles. The largest absolute Gasteiger partial charge is 0.465 e. The average Bonchev–Trinajstić information content (AvgIpc) is 2.64. The maximum atomic E-state index is 11.9. The van der Waals surface area contributed by atoms with Crippen molar-refractivity contribution in [3.63, 3.8) is 0 Å². The molecule has 0 N–H and O–H groups in total. The van der Waals surface area contributed by atoms with Gasteiger partial charge in [0.2, 0.25) is 0 Å². The Balaban J connectivity index is 3.41. The summed E-state index contributed by atoms with van der Waals surface area (Å²) < 4.78 is 10.7. The first-order chi connectivity index (χ1) is 13.5. The SMILES string of the molecule is CCCCCCCCC(C)OC(=O)CCCCCCCCC(=O)OCC(C)C. The minimum atomic E-state index is -0.0773. The number of rotatable bonds is 19. The fourth-order valence-corrected chi connectivity index (χ4v) is 3.13. The van der Waals surface area contributed by atoms with E-state index < -0.39 is 0 Å². The van der Waals surface area contributed by atoms with Crippen LogP contribution in [0.1, 0.15) is 124 Å². The standard InChI is InChI=1S/C24H46O4/c1-5-6-7-8-11-14-17-22(4)28-24(26)19-16-13-10-9-12-15-18-23(25)27-20-21(2)3/h21-22H,5-20H2,1-4H3. The molecule has 1 unspecified atom stereocenters. The predicted molar refractivity (Wildman–Crippen MR) is 116 cm³/mol. The number of carbonyl (C=O) groups is 2. The van der Waals surface area contributed by atoms with Crippen LogP contribution in [0.5, 0.6) is 0 Å². The lowest BCUT2D eigenvalue weighted by Crippen LogP contribution is -2.14. The summed E-state index contributed by atoms with van der Waals surface area (Å²) in [5, 5.41) is 0. The molecule has 4 heteroatoms. The molecule has 166 valence electrons. The minimum Gasteiger partial charge on any atom is -0.465 e. The van der Waals surface area contributed by atoms with Crippen molar-refractivity contribution in [2.24, 2.45) is 5.92 Å². The molecule has 0 fully saturated rings. The van der Waals surface area contributed by atoms with Crippen LogP contribution < -0.4 is 0 Å². The summed E-state index contributed by atoms with van der Waals surface area (Å²) >= 11 is 0. The van der Waals surface area contributed by atoms with Gasteiger partial charge in [0.25, 0.3) is 0 Å². The second kappa shape index (κ2) is 19.3. The van der Waals surface area contributed by atoms with Crippen molar-refractivity contribution in [1.82, 2.24) is 0 Å². The summed E-state index contributed by atoms with van der Waals surface area (Å²) in [7, 11) is 0. The van der Waals surface area contributed by atoms with Crippen LogP contribution in [-0.4, -0.2) is 24.6 Å². The highest BCUT2D eigenvalue weighted by molar-refractivity contribution is 5.69. The quantitative estimate of drug-likeness (QED) is 0.174. The molecule has 0 saturated heterocycles. The van der Waals surface area contributed by atoms with Crippen LogP contribution in [0.25, 0.3) is 0 Å². The number of esters is 2. The van der Waals surface area contributed by atoms with Gasteiger partial charge in [0.1, 0.15) is 0 Å². The normalized spacial score (nSPS) is 12.2. The molecule has 4 nitrogen and oxygen atoms in total. The van der Waals surface area contributed by atoms with Gasteiger partial charge < -0.3 is 9.47 Å². The topological polar surface area (TPSA) is 52.6 Å². The van der Waals surface area contributed by atoms with Crippen LogP contribution >= 0.6 is 0 Å². The molecule has 0 aromatic rings.